The van der Waals surface area contributed by atoms with Crippen molar-refractivity contribution in [3.8, 4) is 0 Å². The predicted octanol–water partition coefficient (Wildman–Crippen LogP) is 2.06. The standard InChI is InChI=1S/C16H27N3O2S/c1-4-17-16(19-13-14(2)3)18-11-8-12-22(20,21)15-9-6-5-7-10-15/h5-7,9-10,14H,4,8,11-13H2,1-3H3,(H2,17,18,19). The van der Waals surface area contributed by atoms with Crippen LogP contribution in [0.15, 0.2) is 40.2 Å². The van der Waals surface area contributed by atoms with E-state index in [1.165, 1.54) is 0 Å². The molecule has 0 aliphatic heterocycles. The Morgan fingerprint density at radius 1 is 1.18 bits per heavy atom. The predicted molar refractivity (Wildman–Crippen MR) is 91.9 cm³/mol. The van der Waals surface area contributed by atoms with E-state index in [0.29, 0.717) is 23.8 Å². The lowest BCUT2D eigenvalue weighted by Gasteiger charge is -2.12. The van der Waals surface area contributed by atoms with E-state index >= 15 is 0 Å². The van der Waals surface area contributed by atoms with Crippen molar-refractivity contribution in [1.82, 2.24) is 10.6 Å². The number of hydrogen-bond donors (Lipinski definition) is 2. The average Bonchev–Trinajstić information content (AvgIpc) is 2.49. The molecular weight excluding hydrogens is 298 g/mol. The minimum atomic E-state index is -3.20. The van der Waals surface area contributed by atoms with E-state index in [2.05, 4.69) is 29.5 Å². The van der Waals surface area contributed by atoms with Crippen LogP contribution in [0, 0.1) is 5.92 Å². The Morgan fingerprint density at radius 3 is 2.45 bits per heavy atom. The summed E-state index contributed by atoms with van der Waals surface area (Å²) in [5.41, 5.74) is 0. The van der Waals surface area contributed by atoms with Gasteiger partial charge < -0.3 is 10.6 Å². The molecule has 0 aromatic heterocycles. The first-order chi connectivity index (χ1) is 10.5. The zero-order valence-corrected chi connectivity index (χ0v) is 14.5. The Bertz CT molecular complexity index is 554. The molecular formula is C16H27N3O2S. The molecule has 0 atom stereocenters. The molecule has 0 unspecified atom stereocenters. The van der Waals surface area contributed by atoms with Crippen molar-refractivity contribution in [3.63, 3.8) is 0 Å². The number of benzene rings is 1. The summed E-state index contributed by atoms with van der Waals surface area (Å²) in [6.45, 7) is 8.34. The van der Waals surface area contributed by atoms with Crippen LogP contribution in [-0.4, -0.2) is 39.8 Å². The fourth-order valence-electron chi connectivity index (χ4n) is 1.83. The summed E-state index contributed by atoms with van der Waals surface area (Å²) in [5.74, 6) is 1.37. The monoisotopic (exact) mass is 325 g/mol. The summed E-state index contributed by atoms with van der Waals surface area (Å²) in [7, 11) is -3.20. The highest BCUT2D eigenvalue weighted by molar-refractivity contribution is 7.91. The van der Waals surface area contributed by atoms with E-state index < -0.39 is 9.84 Å². The van der Waals surface area contributed by atoms with Crippen LogP contribution in [0.3, 0.4) is 0 Å². The molecule has 22 heavy (non-hydrogen) atoms. The minimum absolute atomic E-state index is 0.133. The zero-order chi connectivity index (χ0) is 16.4. The van der Waals surface area contributed by atoms with Gasteiger partial charge in [0, 0.05) is 19.6 Å². The fourth-order valence-corrected chi connectivity index (χ4v) is 3.16. The lowest BCUT2D eigenvalue weighted by molar-refractivity contribution is 0.592. The highest BCUT2D eigenvalue weighted by atomic mass is 32.2. The molecule has 124 valence electrons. The maximum absolute atomic E-state index is 12.1. The van der Waals surface area contributed by atoms with Gasteiger partial charge in [0.2, 0.25) is 0 Å². The van der Waals surface area contributed by atoms with Crippen LogP contribution in [-0.2, 0) is 9.84 Å². The largest absolute Gasteiger partial charge is 0.357 e. The number of aliphatic imine (C=N–C) groups is 1. The summed E-state index contributed by atoms with van der Waals surface area (Å²) in [6, 6.07) is 8.57. The normalized spacial score (nSPS) is 12.5. The molecule has 1 aromatic carbocycles. The smallest absolute Gasteiger partial charge is 0.191 e. The number of nitrogens with one attached hydrogen (secondary N) is 2. The average molecular weight is 325 g/mol. The Kier molecular flexibility index (Phi) is 7.95. The minimum Gasteiger partial charge on any atom is -0.357 e. The first-order valence-corrected chi connectivity index (χ1v) is 9.41. The van der Waals surface area contributed by atoms with Crippen LogP contribution in [0.2, 0.25) is 0 Å². The Balaban J connectivity index is 2.44. The maximum atomic E-state index is 12.1. The van der Waals surface area contributed by atoms with E-state index in [1.807, 2.05) is 13.0 Å². The molecule has 0 bridgehead atoms. The third-order valence-corrected chi connectivity index (χ3v) is 4.76. The van der Waals surface area contributed by atoms with Gasteiger partial charge in [0.25, 0.3) is 0 Å². The second-order valence-corrected chi connectivity index (χ2v) is 7.63. The topological polar surface area (TPSA) is 70.6 Å². The fraction of sp³-hybridized carbons (Fsp3) is 0.562. The van der Waals surface area contributed by atoms with Gasteiger partial charge in [-0.2, -0.15) is 0 Å². The lowest BCUT2D eigenvalue weighted by Crippen LogP contribution is -2.38. The van der Waals surface area contributed by atoms with Gasteiger partial charge >= 0.3 is 0 Å². The van der Waals surface area contributed by atoms with E-state index in [9.17, 15) is 8.42 Å². The van der Waals surface area contributed by atoms with Crippen LogP contribution in [0.1, 0.15) is 27.2 Å². The van der Waals surface area contributed by atoms with Gasteiger partial charge in [-0.05, 0) is 31.4 Å². The van der Waals surface area contributed by atoms with E-state index in [4.69, 9.17) is 0 Å². The van der Waals surface area contributed by atoms with Crippen LogP contribution >= 0.6 is 0 Å². The van der Waals surface area contributed by atoms with Crippen molar-refractivity contribution >= 4 is 15.8 Å². The number of guanidine groups is 1. The maximum Gasteiger partial charge on any atom is 0.191 e. The number of hydrogen-bond acceptors (Lipinski definition) is 3. The Hall–Kier alpha value is -1.56. The van der Waals surface area contributed by atoms with Crippen molar-refractivity contribution in [2.24, 2.45) is 10.9 Å². The van der Waals surface area contributed by atoms with Crippen molar-refractivity contribution in [2.75, 3.05) is 25.4 Å². The molecule has 1 aromatic rings. The van der Waals surface area contributed by atoms with Gasteiger partial charge in [0.1, 0.15) is 0 Å². The zero-order valence-electron chi connectivity index (χ0n) is 13.7. The number of sulfone groups is 1. The lowest BCUT2D eigenvalue weighted by atomic mass is 10.2. The van der Waals surface area contributed by atoms with Gasteiger partial charge in [-0.15, -0.1) is 0 Å². The Labute approximate surface area is 134 Å². The molecule has 2 N–H and O–H groups in total. The molecule has 6 heteroatoms. The van der Waals surface area contributed by atoms with Crippen molar-refractivity contribution in [1.29, 1.82) is 0 Å². The third-order valence-electron chi connectivity index (χ3n) is 2.94. The van der Waals surface area contributed by atoms with Crippen molar-refractivity contribution in [3.05, 3.63) is 30.3 Å². The summed E-state index contributed by atoms with van der Waals surface area (Å²) < 4.78 is 24.3. The van der Waals surface area contributed by atoms with Gasteiger partial charge in [-0.25, -0.2) is 8.42 Å². The van der Waals surface area contributed by atoms with Crippen LogP contribution in [0.4, 0.5) is 0 Å². The molecule has 0 amide bonds. The highest BCUT2D eigenvalue weighted by Gasteiger charge is 2.13. The first kappa shape index (κ1) is 18.5. The first-order valence-electron chi connectivity index (χ1n) is 7.75. The second-order valence-electron chi connectivity index (χ2n) is 5.53. The van der Waals surface area contributed by atoms with E-state index in [0.717, 1.165) is 19.0 Å². The molecule has 0 radical (unpaired) electrons. The number of nitrogens with zero attached hydrogens (tertiary/aromatic N) is 1. The summed E-state index contributed by atoms with van der Waals surface area (Å²) in [4.78, 5) is 4.83. The summed E-state index contributed by atoms with van der Waals surface area (Å²) >= 11 is 0. The molecule has 0 saturated heterocycles. The van der Waals surface area contributed by atoms with E-state index in [-0.39, 0.29) is 5.75 Å². The summed E-state index contributed by atoms with van der Waals surface area (Å²) in [6.07, 6.45) is 0.545. The van der Waals surface area contributed by atoms with Crippen molar-refractivity contribution < 1.29 is 8.42 Å². The molecule has 5 nitrogen and oxygen atoms in total. The third kappa shape index (κ3) is 6.93. The highest BCUT2D eigenvalue weighted by Crippen LogP contribution is 2.10. The van der Waals surface area contributed by atoms with Gasteiger partial charge in [0.05, 0.1) is 10.6 Å². The molecule has 0 aliphatic carbocycles. The van der Waals surface area contributed by atoms with Crippen molar-refractivity contribution in [2.45, 2.75) is 32.1 Å². The van der Waals surface area contributed by atoms with Gasteiger partial charge in [0.15, 0.2) is 15.8 Å². The van der Waals surface area contributed by atoms with Gasteiger partial charge in [-0.3, -0.25) is 4.99 Å². The SMILES string of the molecule is CCNC(=NCC(C)C)NCCCS(=O)(=O)c1ccccc1. The summed E-state index contributed by atoms with van der Waals surface area (Å²) in [5, 5.41) is 6.33. The van der Waals surface area contributed by atoms with E-state index in [1.54, 1.807) is 24.3 Å². The molecule has 0 heterocycles. The number of rotatable bonds is 8. The van der Waals surface area contributed by atoms with Crippen LogP contribution < -0.4 is 10.6 Å². The molecule has 0 fully saturated rings. The molecule has 0 saturated carbocycles. The van der Waals surface area contributed by atoms with Crippen LogP contribution in [0.25, 0.3) is 0 Å². The molecule has 1 rings (SSSR count). The second kappa shape index (κ2) is 9.46. The van der Waals surface area contributed by atoms with Gasteiger partial charge in [-0.1, -0.05) is 32.0 Å². The van der Waals surface area contributed by atoms with Crippen LogP contribution in [0.5, 0.6) is 0 Å². The Morgan fingerprint density at radius 2 is 1.86 bits per heavy atom. The molecule has 0 spiro atoms. The quantitative estimate of drug-likeness (QED) is 0.436. The molecule has 0 aliphatic rings.